The van der Waals surface area contributed by atoms with Crippen molar-refractivity contribution in [2.45, 2.75) is 19.6 Å². The van der Waals surface area contributed by atoms with Gasteiger partial charge >= 0.3 is 0 Å². The van der Waals surface area contributed by atoms with E-state index in [4.69, 9.17) is 9.47 Å². The molecule has 1 saturated heterocycles. The summed E-state index contributed by atoms with van der Waals surface area (Å²) in [6.45, 7) is 8.58. The molecule has 1 aliphatic heterocycles. The molecule has 0 spiro atoms. The predicted octanol–water partition coefficient (Wildman–Crippen LogP) is 4.71. The number of anilines is 3. The van der Waals surface area contributed by atoms with Gasteiger partial charge in [0.05, 0.1) is 24.4 Å². The summed E-state index contributed by atoms with van der Waals surface area (Å²) in [5.74, 6) is 0.846. The van der Waals surface area contributed by atoms with Crippen molar-refractivity contribution in [1.82, 2.24) is 14.9 Å². The molecule has 0 saturated carbocycles. The van der Waals surface area contributed by atoms with Crippen LogP contribution in [0.1, 0.15) is 13.3 Å². The van der Waals surface area contributed by atoms with E-state index in [0.29, 0.717) is 36.0 Å². The number of halogens is 1. The van der Waals surface area contributed by atoms with E-state index in [9.17, 15) is 4.79 Å². The molecule has 8 nitrogen and oxygen atoms in total. The van der Waals surface area contributed by atoms with Crippen LogP contribution in [0.15, 0.2) is 59.9 Å². The van der Waals surface area contributed by atoms with Gasteiger partial charge in [-0.3, -0.25) is 9.69 Å². The number of amides is 1. The zero-order chi connectivity index (χ0) is 23.2. The number of carbonyl (C=O) groups excluding carboxylic acids is 1. The van der Waals surface area contributed by atoms with E-state index in [-0.39, 0.29) is 12.1 Å². The molecule has 0 bridgehead atoms. The zero-order valence-corrected chi connectivity index (χ0v) is 20.0. The number of rotatable bonds is 8. The van der Waals surface area contributed by atoms with Crippen LogP contribution in [0.25, 0.3) is 10.9 Å². The second kappa shape index (κ2) is 10.7. The Labute approximate surface area is 201 Å². The van der Waals surface area contributed by atoms with Crippen LogP contribution in [0, 0.1) is 0 Å². The molecule has 2 heterocycles. The maximum atomic E-state index is 12.2. The summed E-state index contributed by atoms with van der Waals surface area (Å²) in [5.41, 5.74) is 2.11. The number of nitrogens with one attached hydrogen (secondary N) is 2. The minimum Gasteiger partial charge on any atom is -0.473 e. The van der Waals surface area contributed by atoms with Crippen LogP contribution in [-0.2, 0) is 9.53 Å². The number of hydrogen-bond acceptors (Lipinski definition) is 7. The average molecular weight is 512 g/mol. The minimum absolute atomic E-state index is 0.146. The fourth-order valence-electron chi connectivity index (χ4n) is 3.69. The molecule has 2 N–H and O–H groups in total. The van der Waals surface area contributed by atoms with E-state index in [1.807, 2.05) is 36.4 Å². The zero-order valence-electron chi connectivity index (χ0n) is 18.4. The summed E-state index contributed by atoms with van der Waals surface area (Å²) in [5, 5.41) is 6.95. The largest absolute Gasteiger partial charge is 0.473 e. The first-order valence-corrected chi connectivity index (χ1v) is 11.6. The lowest BCUT2D eigenvalue weighted by Crippen LogP contribution is -2.46. The van der Waals surface area contributed by atoms with Gasteiger partial charge in [0.1, 0.15) is 17.9 Å². The number of hydrogen-bond donors (Lipinski definition) is 2. The van der Waals surface area contributed by atoms with E-state index < -0.39 is 0 Å². The number of nitrogens with zero attached hydrogens (tertiary/aromatic N) is 3. The van der Waals surface area contributed by atoms with E-state index in [1.165, 1.54) is 12.4 Å². The molecule has 9 heteroatoms. The SMILES string of the molecule is C=CC(=O)Nc1cc2c(Nc3cccc(Br)c3)ncnc2cc1OC(CC)N1CCOCC1. The number of fused-ring (bicyclic) bond motifs is 1. The van der Waals surface area contributed by atoms with Crippen molar-refractivity contribution in [3.05, 3.63) is 59.9 Å². The van der Waals surface area contributed by atoms with Crippen LogP contribution < -0.4 is 15.4 Å². The first-order valence-electron chi connectivity index (χ1n) is 10.8. The van der Waals surface area contributed by atoms with Crippen LogP contribution in [0.4, 0.5) is 17.2 Å². The molecule has 1 aromatic heterocycles. The maximum Gasteiger partial charge on any atom is 0.247 e. The van der Waals surface area contributed by atoms with E-state index in [2.05, 4.69) is 54.9 Å². The number of morpholine rings is 1. The van der Waals surface area contributed by atoms with Gasteiger partial charge in [0.25, 0.3) is 0 Å². The molecular weight excluding hydrogens is 486 g/mol. The molecule has 1 atom stereocenters. The van der Waals surface area contributed by atoms with Crippen LogP contribution in [0.3, 0.4) is 0 Å². The highest BCUT2D eigenvalue weighted by atomic mass is 79.9. The Bertz CT molecular complexity index is 1150. The average Bonchev–Trinajstić information content (AvgIpc) is 2.83. The van der Waals surface area contributed by atoms with Crippen molar-refractivity contribution in [3.63, 3.8) is 0 Å². The fraction of sp³-hybridized carbons (Fsp3) is 0.292. The van der Waals surface area contributed by atoms with Crippen molar-refractivity contribution in [2.24, 2.45) is 0 Å². The van der Waals surface area contributed by atoms with Crippen molar-refractivity contribution < 1.29 is 14.3 Å². The van der Waals surface area contributed by atoms with Crippen molar-refractivity contribution in [2.75, 3.05) is 36.9 Å². The van der Waals surface area contributed by atoms with Gasteiger partial charge in [0, 0.05) is 34.7 Å². The Morgan fingerprint density at radius 3 is 2.85 bits per heavy atom. The lowest BCUT2D eigenvalue weighted by molar-refractivity contribution is -0.111. The highest BCUT2D eigenvalue weighted by molar-refractivity contribution is 9.10. The van der Waals surface area contributed by atoms with Crippen LogP contribution in [0.5, 0.6) is 5.75 Å². The second-order valence-electron chi connectivity index (χ2n) is 7.55. The topological polar surface area (TPSA) is 88.6 Å². The Morgan fingerprint density at radius 2 is 2.12 bits per heavy atom. The van der Waals surface area contributed by atoms with Gasteiger partial charge in [0.15, 0.2) is 6.23 Å². The lowest BCUT2D eigenvalue weighted by Gasteiger charge is -2.34. The number of aromatic nitrogens is 2. The summed E-state index contributed by atoms with van der Waals surface area (Å²) >= 11 is 3.49. The smallest absolute Gasteiger partial charge is 0.247 e. The number of ether oxygens (including phenoxy) is 2. The molecular formula is C24H26BrN5O3. The van der Waals surface area contributed by atoms with Gasteiger partial charge in [0.2, 0.25) is 5.91 Å². The van der Waals surface area contributed by atoms with Gasteiger partial charge in [-0.25, -0.2) is 9.97 Å². The van der Waals surface area contributed by atoms with Crippen LogP contribution in [-0.4, -0.2) is 53.3 Å². The first kappa shape index (κ1) is 23.2. The summed E-state index contributed by atoms with van der Waals surface area (Å²) < 4.78 is 12.8. The normalized spacial score (nSPS) is 15.1. The Balaban J connectivity index is 1.72. The van der Waals surface area contributed by atoms with Crippen molar-refractivity contribution in [3.8, 4) is 5.75 Å². The lowest BCUT2D eigenvalue weighted by atomic mass is 10.1. The molecule has 3 aromatic rings. The summed E-state index contributed by atoms with van der Waals surface area (Å²) in [4.78, 5) is 23.3. The summed E-state index contributed by atoms with van der Waals surface area (Å²) in [6, 6.07) is 11.5. The van der Waals surface area contributed by atoms with E-state index >= 15 is 0 Å². The van der Waals surface area contributed by atoms with E-state index in [0.717, 1.165) is 35.1 Å². The van der Waals surface area contributed by atoms with Crippen LogP contribution in [0.2, 0.25) is 0 Å². The standard InChI is InChI=1S/C24H26BrN5O3/c1-3-22(31)29-20-13-18-19(14-21(20)33-23(4-2)30-8-10-32-11-9-30)26-15-27-24(18)28-17-7-5-6-16(25)12-17/h3,5-7,12-15,23H,1,4,8-11H2,2H3,(H,29,31)(H,26,27,28). The molecule has 0 aliphatic carbocycles. The second-order valence-corrected chi connectivity index (χ2v) is 8.46. The first-order chi connectivity index (χ1) is 16.1. The third-order valence-electron chi connectivity index (χ3n) is 5.33. The Morgan fingerprint density at radius 1 is 1.30 bits per heavy atom. The molecule has 1 aliphatic rings. The summed E-state index contributed by atoms with van der Waals surface area (Å²) in [7, 11) is 0. The fourth-order valence-corrected chi connectivity index (χ4v) is 4.09. The van der Waals surface area contributed by atoms with Crippen LogP contribution >= 0.6 is 15.9 Å². The monoisotopic (exact) mass is 511 g/mol. The molecule has 0 radical (unpaired) electrons. The third kappa shape index (κ3) is 5.68. The van der Waals surface area contributed by atoms with Crippen molar-refractivity contribution >= 4 is 49.9 Å². The minimum atomic E-state index is -0.322. The molecule has 4 rings (SSSR count). The quantitative estimate of drug-likeness (QED) is 0.423. The Hall–Kier alpha value is -3.01. The third-order valence-corrected chi connectivity index (χ3v) is 5.83. The van der Waals surface area contributed by atoms with Gasteiger partial charge < -0.3 is 20.1 Å². The van der Waals surface area contributed by atoms with Crippen molar-refractivity contribution in [1.29, 1.82) is 0 Å². The molecule has 1 amide bonds. The predicted molar refractivity (Wildman–Crippen MR) is 133 cm³/mol. The summed E-state index contributed by atoms with van der Waals surface area (Å²) in [6.07, 6.45) is 3.38. The molecule has 172 valence electrons. The molecule has 2 aromatic carbocycles. The highest BCUT2D eigenvalue weighted by Gasteiger charge is 2.23. The van der Waals surface area contributed by atoms with Gasteiger partial charge in [-0.2, -0.15) is 0 Å². The number of carbonyl (C=O) groups is 1. The van der Waals surface area contributed by atoms with E-state index in [1.54, 1.807) is 0 Å². The Kier molecular flexibility index (Phi) is 7.54. The number of benzene rings is 2. The maximum absolute atomic E-state index is 12.2. The molecule has 33 heavy (non-hydrogen) atoms. The molecule has 1 fully saturated rings. The van der Waals surface area contributed by atoms with Gasteiger partial charge in [-0.15, -0.1) is 0 Å². The molecule has 1 unspecified atom stereocenters. The van der Waals surface area contributed by atoms with Gasteiger partial charge in [-0.05, 0) is 36.8 Å². The highest BCUT2D eigenvalue weighted by Crippen LogP contribution is 2.35. The van der Waals surface area contributed by atoms with Gasteiger partial charge in [-0.1, -0.05) is 35.5 Å².